The molecule has 29 heavy (non-hydrogen) atoms. The molecule has 0 spiro atoms. The molecular weight excluding hydrogens is 447 g/mol. The van der Waals surface area contributed by atoms with Crippen LogP contribution in [-0.4, -0.2) is 42.1 Å². The number of ketones is 1. The quantitative estimate of drug-likeness (QED) is 0.329. The molecule has 3 rings (SSSR count). The Hall–Kier alpha value is -1.77. The fourth-order valence-electron chi connectivity index (χ4n) is 2.48. The van der Waals surface area contributed by atoms with Gasteiger partial charge in [-0.2, -0.15) is 0 Å². The van der Waals surface area contributed by atoms with Gasteiger partial charge in [0.1, 0.15) is 10.7 Å². The number of hydrogen-bond acceptors (Lipinski definition) is 7. The van der Waals surface area contributed by atoms with Crippen LogP contribution < -0.4 is 11.1 Å². The number of nitrogens with two attached hydrogens (primary N) is 1. The third-order valence-corrected chi connectivity index (χ3v) is 6.57. The zero-order valence-corrected chi connectivity index (χ0v) is 19.1. The number of nitrogens with one attached hydrogen (secondary N) is 1. The van der Waals surface area contributed by atoms with Crippen molar-refractivity contribution < 1.29 is 4.79 Å². The lowest BCUT2D eigenvalue weighted by atomic mass is 10.1. The highest BCUT2D eigenvalue weighted by Crippen LogP contribution is 2.34. The number of aromatic nitrogens is 1. The minimum atomic E-state index is -0.337. The molecule has 0 radical (unpaired) electrons. The number of nitrogens with zero attached hydrogens (tertiary/aromatic N) is 2. The standard InChI is InChI=1S/C20H20Cl2N4OS2/c1-26(2)10-11-28-13-8-6-12(7-9-13)24-20-25-19(23)18(29-20)17(27)16-14(21)4-3-5-15(16)22/h3-9H,10-11,23H2,1-2H3,(H,24,25). The van der Waals surface area contributed by atoms with E-state index in [1.807, 2.05) is 12.1 Å². The molecule has 3 N–H and O–H groups in total. The van der Waals surface area contributed by atoms with Gasteiger partial charge in [0.05, 0.1) is 15.6 Å². The van der Waals surface area contributed by atoms with Crippen LogP contribution in [0.4, 0.5) is 16.6 Å². The molecule has 0 aliphatic heterocycles. The molecule has 2 aromatic carbocycles. The van der Waals surface area contributed by atoms with Crippen LogP contribution >= 0.6 is 46.3 Å². The molecule has 0 bridgehead atoms. The second kappa shape index (κ2) is 9.82. The summed E-state index contributed by atoms with van der Waals surface area (Å²) in [5.74, 6) is 0.837. The summed E-state index contributed by atoms with van der Waals surface area (Å²) >= 11 is 15.3. The van der Waals surface area contributed by atoms with E-state index >= 15 is 0 Å². The van der Waals surface area contributed by atoms with Gasteiger partial charge in [-0.3, -0.25) is 4.79 Å². The third kappa shape index (κ3) is 5.65. The summed E-state index contributed by atoms with van der Waals surface area (Å²) in [4.78, 5) is 20.8. The molecule has 1 heterocycles. The highest BCUT2D eigenvalue weighted by Gasteiger charge is 2.22. The van der Waals surface area contributed by atoms with Gasteiger partial charge >= 0.3 is 0 Å². The van der Waals surface area contributed by atoms with Crippen LogP contribution in [0.3, 0.4) is 0 Å². The maximum absolute atomic E-state index is 12.9. The first kappa shape index (κ1) is 21.9. The second-order valence-corrected chi connectivity index (χ2v) is 9.44. The Labute approximate surface area is 188 Å². The van der Waals surface area contributed by atoms with E-state index in [1.165, 1.54) is 16.2 Å². The van der Waals surface area contributed by atoms with Crippen molar-refractivity contribution in [3.05, 3.63) is 63.0 Å². The van der Waals surface area contributed by atoms with Gasteiger partial charge in [0.25, 0.3) is 0 Å². The lowest BCUT2D eigenvalue weighted by Crippen LogP contribution is -2.14. The minimum Gasteiger partial charge on any atom is -0.382 e. The molecule has 1 aromatic heterocycles. The van der Waals surface area contributed by atoms with Crippen LogP contribution in [-0.2, 0) is 0 Å². The van der Waals surface area contributed by atoms with Crippen molar-refractivity contribution in [1.82, 2.24) is 9.88 Å². The lowest BCUT2D eigenvalue weighted by molar-refractivity contribution is 0.104. The number of nitrogen functional groups attached to an aromatic ring is 1. The average Bonchev–Trinajstić information content (AvgIpc) is 3.03. The Morgan fingerprint density at radius 2 is 1.83 bits per heavy atom. The van der Waals surface area contributed by atoms with Gasteiger partial charge in [-0.25, -0.2) is 4.98 Å². The Morgan fingerprint density at radius 1 is 1.17 bits per heavy atom. The zero-order valence-electron chi connectivity index (χ0n) is 15.9. The molecule has 0 amide bonds. The van der Waals surface area contributed by atoms with Gasteiger partial charge < -0.3 is 16.0 Å². The molecule has 0 aliphatic carbocycles. The van der Waals surface area contributed by atoms with E-state index in [4.69, 9.17) is 28.9 Å². The van der Waals surface area contributed by atoms with Crippen LogP contribution in [0.1, 0.15) is 15.2 Å². The number of halogens is 2. The number of hydrogen-bond donors (Lipinski definition) is 2. The van der Waals surface area contributed by atoms with E-state index in [0.717, 1.165) is 18.0 Å². The van der Waals surface area contributed by atoms with E-state index in [-0.39, 0.29) is 27.2 Å². The molecule has 0 atom stereocenters. The summed E-state index contributed by atoms with van der Waals surface area (Å²) in [5, 5.41) is 4.29. The normalized spacial score (nSPS) is 11.1. The first-order chi connectivity index (χ1) is 13.8. The Balaban J connectivity index is 1.71. The van der Waals surface area contributed by atoms with E-state index in [9.17, 15) is 4.79 Å². The number of carbonyl (C=O) groups is 1. The monoisotopic (exact) mass is 466 g/mol. The van der Waals surface area contributed by atoms with Gasteiger partial charge in [-0.15, -0.1) is 11.8 Å². The number of carbonyl (C=O) groups excluding carboxylic acids is 1. The zero-order chi connectivity index (χ0) is 21.0. The molecule has 0 fully saturated rings. The highest BCUT2D eigenvalue weighted by atomic mass is 35.5. The van der Waals surface area contributed by atoms with Crippen LogP contribution in [0, 0.1) is 0 Å². The maximum atomic E-state index is 12.9. The van der Waals surface area contributed by atoms with Gasteiger partial charge in [-0.1, -0.05) is 40.6 Å². The highest BCUT2D eigenvalue weighted by molar-refractivity contribution is 7.99. The van der Waals surface area contributed by atoms with Crippen molar-refractivity contribution in [2.45, 2.75) is 4.90 Å². The summed E-state index contributed by atoms with van der Waals surface area (Å²) in [6, 6.07) is 13.0. The smallest absolute Gasteiger partial charge is 0.209 e. The molecule has 152 valence electrons. The number of benzene rings is 2. The molecule has 0 saturated carbocycles. The average molecular weight is 467 g/mol. The third-order valence-electron chi connectivity index (χ3n) is 3.96. The molecule has 9 heteroatoms. The molecule has 0 unspecified atom stereocenters. The Morgan fingerprint density at radius 3 is 2.45 bits per heavy atom. The molecule has 3 aromatic rings. The molecule has 0 aliphatic rings. The molecule has 5 nitrogen and oxygen atoms in total. The topological polar surface area (TPSA) is 71.2 Å². The lowest BCUT2D eigenvalue weighted by Gasteiger charge is -2.09. The number of anilines is 3. The fourth-order valence-corrected chi connectivity index (χ4v) is 4.92. The Kier molecular flexibility index (Phi) is 7.43. The summed E-state index contributed by atoms with van der Waals surface area (Å²) in [6.07, 6.45) is 0. The van der Waals surface area contributed by atoms with Crippen LogP contribution in [0.5, 0.6) is 0 Å². The molecule has 0 saturated heterocycles. The van der Waals surface area contributed by atoms with Crippen molar-refractivity contribution >= 4 is 68.7 Å². The number of thioether (sulfide) groups is 1. The van der Waals surface area contributed by atoms with Crippen molar-refractivity contribution in [2.75, 3.05) is 37.4 Å². The van der Waals surface area contributed by atoms with Gasteiger partial charge in [-0.05, 0) is 50.5 Å². The summed E-state index contributed by atoms with van der Waals surface area (Å²) in [7, 11) is 4.12. The fraction of sp³-hybridized carbons (Fsp3) is 0.200. The first-order valence-corrected chi connectivity index (χ1v) is 11.3. The second-order valence-electron chi connectivity index (χ2n) is 6.46. The van der Waals surface area contributed by atoms with Crippen molar-refractivity contribution in [1.29, 1.82) is 0 Å². The molecular formula is C20H20Cl2N4OS2. The maximum Gasteiger partial charge on any atom is 0.209 e. The first-order valence-electron chi connectivity index (χ1n) is 8.75. The van der Waals surface area contributed by atoms with E-state index in [0.29, 0.717) is 10.0 Å². The summed E-state index contributed by atoms with van der Waals surface area (Å²) in [5.41, 5.74) is 7.08. The van der Waals surface area contributed by atoms with E-state index in [1.54, 1.807) is 30.0 Å². The van der Waals surface area contributed by atoms with Crippen LogP contribution in [0.15, 0.2) is 47.4 Å². The van der Waals surface area contributed by atoms with Gasteiger partial charge in [0.2, 0.25) is 5.78 Å². The van der Waals surface area contributed by atoms with Crippen LogP contribution in [0.2, 0.25) is 10.0 Å². The van der Waals surface area contributed by atoms with Crippen molar-refractivity contribution in [3.63, 3.8) is 0 Å². The largest absolute Gasteiger partial charge is 0.382 e. The van der Waals surface area contributed by atoms with E-state index in [2.05, 4.69) is 41.4 Å². The van der Waals surface area contributed by atoms with Gasteiger partial charge in [0.15, 0.2) is 5.13 Å². The SMILES string of the molecule is CN(C)CCSc1ccc(Nc2nc(N)c(C(=O)c3c(Cl)cccc3Cl)s2)cc1. The predicted molar refractivity (Wildman–Crippen MR) is 125 cm³/mol. The van der Waals surface area contributed by atoms with E-state index < -0.39 is 0 Å². The number of rotatable bonds is 8. The van der Waals surface area contributed by atoms with Crippen molar-refractivity contribution in [3.8, 4) is 0 Å². The number of thiazole rings is 1. The summed E-state index contributed by atoms with van der Waals surface area (Å²) < 4.78 is 0. The predicted octanol–water partition coefficient (Wildman–Crippen LogP) is 5.66. The summed E-state index contributed by atoms with van der Waals surface area (Å²) in [6.45, 7) is 1.02. The Bertz CT molecular complexity index is 986. The van der Waals surface area contributed by atoms with Crippen molar-refractivity contribution in [2.24, 2.45) is 0 Å². The van der Waals surface area contributed by atoms with Crippen LogP contribution in [0.25, 0.3) is 0 Å². The minimum absolute atomic E-state index is 0.148. The van der Waals surface area contributed by atoms with Gasteiger partial charge in [0, 0.05) is 22.9 Å².